The molecular formula is C8H7Br3O4S. The van der Waals surface area contributed by atoms with Crippen molar-refractivity contribution in [1.82, 2.24) is 0 Å². The molecule has 1 N–H and O–H groups in total. The van der Waals surface area contributed by atoms with E-state index in [-0.39, 0.29) is 11.5 Å². The Hall–Kier alpha value is 0.530. The number of alkyl halides is 3. The van der Waals surface area contributed by atoms with Gasteiger partial charge in [-0.15, -0.1) is 0 Å². The van der Waals surface area contributed by atoms with Gasteiger partial charge in [0.05, 0.1) is 4.90 Å². The molecule has 0 saturated carbocycles. The highest BCUT2D eigenvalue weighted by Gasteiger charge is 2.37. The topological polar surface area (TPSA) is 63.6 Å². The number of sulfone groups is 1. The van der Waals surface area contributed by atoms with E-state index in [1.807, 2.05) is 0 Å². The van der Waals surface area contributed by atoms with Crippen molar-refractivity contribution in [2.75, 3.05) is 0 Å². The van der Waals surface area contributed by atoms with Crippen LogP contribution in [0.3, 0.4) is 0 Å². The quantitative estimate of drug-likeness (QED) is 0.447. The van der Waals surface area contributed by atoms with E-state index in [2.05, 4.69) is 52.7 Å². The standard InChI is InChI=1S/C8H7Br3O4S/c9-8(10,11)16(13,14)7-3-1-2-6(4-7)5-15-12/h1-4,12H,5H2. The third-order valence-electron chi connectivity index (χ3n) is 1.74. The van der Waals surface area contributed by atoms with E-state index in [1.165, 1.54) is 12.1 Å². The lowest BCUT2D eigenvalue weighted by Crippen LogP contribution is -2.18. The minimum Gasteiger partial charge on any atom is -0.251 e. The van der Waals surface area contributed by atoms with E-state index in [4.69, 9.17) is 5.26 Å². The van der Waals surface area contributed by atoms with E-state index in [1.54, 1.807) is 12.1 Å². The molecule has 1 aromatic rings. The molecule has 0 saturated heterocycles. The van der Waals surface area contributed by atoms with Crippen LogP contribution in [0.5, 0.6) is 0 Å². The molecule has 0 aliphatic heterocycles. The number of benzene rings is 1. The second-order valence-corrected chi connectivity index (χ2v) is 13.3. The number of hydrogen-bond donors (Lipinski definition) is 1. The summed E-state index contributed by atoms with van der Waals surface area (Å²) in [6, 6.07) is 6.09. The zero-order valence-electron chi connectivity index (χ0n) is 7.73. The monoisotopic (exact) mass is 436 g/mol. The molecule has 0 radical (unpaired) electrons. The summed E-state index contributed by atoms with van der Waals surface area (Å²) >= 11 is 8.90. The second kappa shape index (κ2) is 5.45. The highest BCUT2D eigenvalue weighted by Crippen LogP contribution is 2.43. The Morgan fingerprint density at radius 1 is 1.31 bits per heavy atom. The van der Waals surface area contributed by atoms with Gasteiger partial charge in [-0.2, -0.15) is 0 Å². The first-order valence-electron chi connectivity index (χ1n) is 3.95. The van der Waals surface area contributed by atoms with Gasteiger partial charge < -0.3 is 0 Å². The lowest BCUT2D eigenvalue weighted by Gasteiger charge is -2.14. The van der Waals surface area contributed by atoms with Crippen molar-refractivity contribution in [1.29, 1.82) is 0 Å². The molecule has 16 heavy (non-hydrogen) atoms. The molecule has 0 heterocycles. The minimum atomic E-state index is -3.60. The van der Waals surface area contributed by atoms with Gasteiger partial charge in [0.25, 0.3) is 0 Å². The van der Waals surface area contributed by atoms with E-state index in [0.29, 0.717) is 5.56 Å². The van der Waals surface area contributed by atoms with Crippen LogP contribution in [0.25, 0.3) is 0 Å². The smallest absolute Gasteiger partial charge is 0.239 e. The van der Waals surface area contributed by atoms with Crippen molar-refractivity contribution < 1.29 is 18.6 Å². The van der Waals surface area contributed by atoms with Gasteiger partial charge in [-0.3, -0.25) is 5.26 Å². The summed E-state index contributed by atoms with van der Waals surface area (Å²) in [5.41, 5.74) is 0.556. The van der Waals surface area contributed by atoms with Crippen LogP contribution in [0.15, 0.2) is 29.2 Å². The summed E-state index contributed by atoms with van der Waals surface area (Å²) in [5, 5.41) is 8.30. The number of hydrogen-bond acceptors (Lipinski definition) is 4. The van der Waals surface area contributed by atoms with E-state index < -0.39 is 11.3 Å². The summed E-state index contributed by atoms with van der Waals surface area (Å²) in [7, 11) is -3.60. The van der Waals surface area contributed by atoms with Gasteiger partial charge >= 0.3 is 0 Å². The van der Waals surface area contributed by atoms with Crippen molar-refractivity contribution >= 4 is 57.6 Å². The van der Waals surface area contributed by atoms with Crippen molar-refractivity contribution in [3.8, 4) is 0 Å². The summed E-state index contributed by atoms with van der Waals surface area (Å²) in [4.78, 5) is 4.06. The average molecular weight is 439 g/mol. The SMILES string of the molecule is O=S(=O)(c1cccc(COO)c1)C(Br)(Br)Br. The highest BCUT2D eigenvalue weighted by molar-refractivity contribution is 9.42. The Bertz CT molecular complexity index is 466. The van der Waals surface area contributed by atoms with E-state index >= 15 is 0 Å². The molecule has 0 atom stereocenters. The van der Waals surface area contributed by atoms with Crippen molar-refractivity contribution in [3.05, 3.63) is 29.8 Å². The normalized spacial score (nSPS) is 12.8. The minimum absolute atomic E-state index is 0.0663. The number of rotatable bonds is 3. The van der Waals surface area contributed by atoms with Gasteiger partial charge in [0.2, 0.25) is 11.3 Å². The van der Waals surface area contributed by atoms with Crippen LogP contribution in [0, 0.1) is 0 Å². The van der Waals surface area contributed by atoms with Gasteiger partial charge in [0.15, 0.2) is 0 Å². The van der Waals surface area contributed by atoms with Crippen LogP contribution in [-0.2, 0) is 21.3 Å². The molecule has 0 amide bonds. The van der Waals surface area contributed by atoms with Gasteiger partial charge in [0, 0.05) is 0 Å². The Labute approximate surface area is 118 Å². The second-order valence-electron chi connectivity index (χ2n) is 2.87. The van der Waals surface area contributed by atoms with Crippen molar-refractivity contribution in [3.63, 3.8) is 0 Å². The molecule has 0 bridgehead atoms. The zero-order chi connectivity index (χ0) is 12.4. The highest BCUT2D eigenvalue weighted by atomic mass is 80.0. The van der Waals surface area contributed by atoms with E-state index in [0.717, 1.165) is 0 Å². The van der Waals surface area contributed by atoms with Crippen molar-refractivity contribution in [2.24, 2.45) is 0 Å². The van der Waals surface area contributed by atoms with Gasteiger partial charge in [-0.05, 0) is 65.5 Å². The first kappa shape index (κ1) is 14.6. The lowest BCUT2D eigenvalue weighted by atomic mass is 10.2. The van der Waals surface area contributed by atoms with Gasteiger partial charge in [0.1, 0.15) is 6.61 Å². The van der Waals surface area contributed by atoms with Crippen LogP contribution in [0.4, 0.5) is 0 Å². The molecule has 0 aromatic heterocycles. The maximum absolute atomic E-state index is 12.0. The van der Waals surface area contributed by atoms with Crippen LogP contribution < -0.4 is 0 Å². The molecule has 0 spiro atoms. The zero-order valence-corrected chi connectivity index (χ0v) is 13.3. The Morgan fingerprint density at radius 3 is 2.44 bits per heavy atom. The van der Waals surface area contributed by atoms with Crippen LogP contribution >= 0.6 is 47.8 Å². The van der Waals surface area contributed by atoms with Crippen LogP contribution in [0.2, 0.25) is 0 Å². The Morgan fingerprint density at radius 2 is 1.94 bits per heavy atom. The first-order chi connectivity index (χ1) is 7.29. The van der Waals surface area contributed by atoms with E-state index in [9.17, 15) is 8.42 Å². The third kappa shape index (κ3) is 3.27. The molecule has 0 aliphatic rings. The Balaban J connectivity index is 3.20. The maximum Gasteiger partial charge on any atom is 0.239 e. The Kier molecular flexibility index (Phi) is 4.97. The van der Waals surface area contributed by atoms with Crippen LogP contribution in [-0.4, -0.2) is 15.1 Å². The molecule has 1 aromatic carbocycles. The molecule has 0 fully saturated rings. The summed E-state index contributed by atoms with van der Waals surface area (Å²) in [5.74, 6) is 0. The molecule has 1 rings (SSSR count). The lowest BCUT2D eigenvalue weighted by molar-refractivity contribution is -0.253. The third-order valence-corrected chi connectivity index (χ3v) is 7.06. The fraction of sp³-hybridized carbons (Fsp3) is 0.250. The van der Waals surface area contributed by atoms with Crippen molar-refractivity contribution in [2.45, 2.75) is 13.0 Å². The predicted octanol–water partition coefficient (Wildman–Crippen LogP) is 3.25. The molecule has 8 heteroatoms. The fourth-order valence-corrected chi connectivity index (χ4v) is 3.52. The van der Waals surface area contributed by atoms with Gasteiger partial charge in [-0.25, -0.2) is 13.3 Å². The first-order valence-corrected chi connectivity index (χ1v) is 7.82. The number of halogens is 3. The fourth-order valence-electron chi connectivity index (χ4n) is 1.01. The molecule has 0 aliphatic carbocycles. The molecule has 4 nitrogen and oxygen atoms in total. The molecular weight excluding hydrogens is 432 g/mol. The van der Waals surface area contributed by atoms with Gasteiger partial charge in [-0.1, -0.05) is 12.1 Å². The largest absolute Gasteiger partial charge is 0.251 e. The molecule has 0 unspecified atom stereocenters. The summed E-state index contributed by atoms with van der Waals surface area (Å²) in [6.45, 7) is -0.0663. The summed E-state index contributed by atoms with van der Waals surface area (Å²) in [6.07, 6.45) is 0. The predicted molar refractivity (Wildman–Crippen MR) is 70.6 cm³/mol. The molecule has 90 valence electrons. The maximum atomic E-state index is 12.0. The van der Waals surface area contributed by atoms with Crippen LogP contribution in [0.1, 0.15) is 5.56 Å². The average Bonchev–Trinajstić information content (AvgIpc) is 2.17. The summed E-state index contributed by atoms with van der Waals surface area (Å²) < 4.78 is 22.5.